The number of hydrogen-bond acceptors (Lipinski definition) is 7. The molecule has 2 rings (SSSR count). The second-order valence-electron chi connectivity index (χ2n) is 3.37. The smallest absolute Gasteiger partial charge is 0.341 e. The van der Waals surface area contributed by atoms with E-state index in [1.165, 1.54) is 17.1 Å². The van der Waals surface area contributed by atoms with E-state index in [9.17, 15) is 4.79 Å². The van der Waals surface area contributed by atoms with Crippen molar-refractivity contribution in [3.8, 4) is 5.95 Å². The maximum atomic E-state index is 11.5. The van der Waals surface area contributed by atoms with Crippen LogP contribution in [0.1, 0.15) is 17.3 Å². The van der Waals surface area contributed by atoms with Crippen LogP contribution in [0.25, 0.3) is 5.95 Å². The van der Waals surface area contributed by atoms with E-state index in [1.54, 1.807) is 14.0 Å². The van der Waals surface area contributed by atoms with E-state index in [2.05, 4.69) is 25.4 Å². The molecule has 19 heavy (non-hydrogen) atoms. The third-order valence-corrected chi connectivity index (χ3v) is 2.29. The molecule has 0 aromatic carbocycles. The van der Waals surface area contributed by atoms with Gasteiger partial charge in [-0.15, -0.1) is 0 Å². The summed E-state index contributed by atoms with van der Waals surface area (Å²) in [6.45, 7) is 2.03. The van der Waals surface area contributed by atoms with Gasteiger partial charge in [0.25, 0.3) is 5.95 Å². The second-order valence-corrected chi connectivity index (χ2v) is 3.71. The lowest BCUT2D eigenvalue weighted by Gasteiger charge is -2.02. The van der Waals surface area contributed by atoms with Crippen molar-refractivity contribution < 1.29 is 9.53 Å². The summed E-state index contributed by atoms with van der Waals surface area (Å²) in [4.78, 5) is 23.4. The normalized spacial score (nSPS) is 10.3. The van der Waals surface area contributed by atoms with Crippen molar-refractivity contribution in [1.82, 2.24) is 24.7 Å². The van der Waals surface area contributed by atoms with Crippen LogP contribution in [0.5, 0.6) is 0 Å². The van der Waals surface area contributed by atoms with Gasteiger partial charge in [-0.05, 0) is 18.5 Å². The van der Waals surface area contributed by atoms with Gasteiger partial charge in [0.1, 0.15) is 0 Å². The molecule has 0 radical (unpaired) electrons. The number of anilines is 1. The predicted molar refractivity (Wildman–Crippen MR) is 67.5 cm³/mol. The average Bonchev–Trinajstić information content (AvgIpc) is 2.88. The molecule has 1 N–H and O–H groups in total. The van der Waals surface area contributed by atoms with Gasteiger partial charge in [-0.3, -0.25) is 0 Å². The number of ether oxygens (including phenoxy) is 1. The predicted octanol–water partition coefficient (Wildman–Crippen LogP) is 0.929. The monoisotopic (exact) mass is 282 g/mol. The highest BCUT2D eigenvalue weighted by atomic mass is 35.5. The zero-order chi connectivity index (χ0) is 13.8. The van der Waals surface area contributed by atoms with Gasteiger partial charge in [-0.2, -0.15) is 20.1 Å². The molecule has 9 heteroatoms. The fourth-order valence-electron chi connectivity index (χ4n) is 1.31. The summed E-state index contributed by atoms with van der Waals surface area (Å²) in [5, 5.41) is 6.76. The Kier molecular flexibility index (Phi) is 3.91. The molecule has 0 unspecified atom stereocenters. The lowest BCUT2D eigenvalue weighted by Crippen LogP contribution is -2.07. The number of carbonyl (C=O) groups is 1. The van der Waals surface area contributed by atoms with Crippen LogP contribution >= 0.6 is 11.6 Å². The summed E-state index contributed by atoms with van der Waals surface area (Å²) >= 11 is 5.76. The first-order valence-corrected chi connectivity index (χ1v) is 5.83. The van der Waals surface area contributed by atoms with Crippen LogP contribution in [0.4, 0.5) is 5.95 Å². The molecule has 0 aliphatic rings. The number of rotatable bonds is 4. The van der Waals surface area contributed by atoms with Gasteiger partial charge in [0.2, 0.25) is 11.2 Å². The zero-order valence-electron chi connectivity index (χ0n) is 10.3. The molecular formula is C10H11ClN6O2. The highest BCUT2D eigenvalue weighted by Crippen LogP contribution is 2.10. The van der Waals surface area contributed by atoms with E-state index in [-0.39, 0.29) is 11.2 Å². The maximum Gasteiger partial charge on any atom is 0.341 e. The molecule has 2 aromatic rings. The van der Waals surface area contributed by atoms with Crippen LogP contribution in [0.2, 0.25) is 5.28 Å². The highest BCUT2D eigenvalue weighted by molar-refractivity contribution is 6.28. The van der Waals surface area contributed by atoms with Gasteiger partial charge in [0.15, 0.2) is 0 Å². The van der Waals surface area contributed by atoms with E-state index in [4.69, 9.17) is 16.3 Å². The van der Waals surface area contributed by atoms with Crippen LogP contribution in [-0.2, 0) is 4.74 Å². The first-order valence-electron chi connectivity index (χ1n) is 5.45. The van der Waals surface area contributed by atoms with Gasteiger partial charge >= 0.3 is 5.97 Å². The van der Waals surface area contributed by atoms with Crippen molar-refractivity contribution in [3.05, 3.63) is 23.2 Å². The Bertz CT molecular complexity index is 599. The molecule has 2 aromatic heterocycles. The van der Waals surface area contributed by atoms with Crippen molar-refractivity contribution in [2.24, 2.45) is 0 Å². The Morgan fingerprint density at radius 2 is 2.26 bits per heavy atom. The van der Waals surface area contributed by atoms with Crippen molar-refractivity contribution in [2.75, 3.05) is 19.0 Å². The highest BCUT2D eigenvalue weighted by Gasteiger charge is 2.12. The number of aromatic nitrogens is 5. The molecule has 0 spiro atoms. The minimum Gasteiger partial charge on any atom is -0.462 e. The Balaban J connectivity index is 2.32. The molecule has 0 atom stereocenters. The molecule has 2 heterocycles. The van der Waals surface area contributed by atoms with Crippen molar-refractivity contribution in [3.63, 3.8) is 0 Å². The number of halogens is 1. The van der Waals surface area contributed by atoms with Crippen molar-refractivity contribution >= 4 is 23.5 Å². The lowest BCUT2D eigenvalue weighted by atomic mass is 10.4. The zero-order valence-corrected chi connectivity index (χ0v) is 11.0. The van der Waals surface area contributed by atoms with Gasteiger partial charge < -0.3 is 10.1 Å². The number of carbonyl (C=O) groups excluding carboxylic acids is 1. The number of nitrogens with one attached hydrogen (secondary N) is 1. The van der Waals surface area contributed by atoms with E-state index >= 15 is 0 Å². The standard InChI is InChI=1S/C10H11ClN6O2/c1-3-19-7(18)6-4-13-17(5-6)10-15-8(11)14-9(12-2)16-10/h4-5H,3H2,1-2H3,(H,12,14,15,16). The molecule has 0 fully saturated rings. The van der Waals surface area contributed by atoms with Gasteiger partial charge in [0.05, 0.1) is 18.4 Å². The first kappa shape index (κ1) is 13.2. The molecular weight excluding hydrogens is 272 g/mol. The summed E-state index contributed by atoms with van der Waals surface area (Å²) < 4.78 is 6.18. The first-order chi connectivity index (χ1) is 9.13. The molecule has 0 amide bonds. The van der Waals surface area contributed by atoms with Gasteiger partial charge in [-0.25, -0.2) is 9.48 Å². The number of hydrogen-bond donors (Lipinski definition) is 1. The molecule has 0 aliphatic heterocycles. The molecule has 0 saturated heterocycles. The van der Waals surface area contributed by atoms with Crippen molar-refractivity contribution in [1.29, 1.82) is 0 Å². The molecule has 8 nitrogen and oxygen atoms in total. The van der Waals surface area contributed by atoms with E-state index in [0.717, 1.165) is 0 Å². The van der Waals surface area contributed by atoms with Crippen LogP contribution in [-0.4, -0.2) is 44.4 Å². The molecule has 100 valence electrons. The van der Waals surface area contributed by atoms with E-state index in [1.807, 2.05) is 0 Å². The average molecular weight is 283 g/mol. The maximum absolute atomic E-state index is 11.5. The van der Waals surface area contributed by atoms with Gasteiger partial charge in [0, 0.05) is 13.2 Å². The van der Waals surface area contributed by atoms with Crippen LogP contribution in [0.15, 0.2) is 12.4 Å². The summed E-state index contributed by atoms with van der Waals surface area (Å²) in [5.41, 5.74) is 0.310. The largest absolute Gasteiger partial charge is 0.462 e. The summed E-state index contributed by atoms with van der Waals surface area (Å²) in [6, 6.07) is 0. The quantitative estimate of drug-likeness (QED) is 0.833. The Morgan fingerprint density at radius 3 is 2.95 bits per heavy atom. The third kappa shape index (κ3) is 2.97. The Morgan fingerprint density at radius 1 is 1.47 bits per heavy atom. The fraction of sp³-hybridized carbons (Fsp3) is 0.300. The number of nitrogens with zero attached hydrogens (tertiary/aromatic N) is 5. The van der Waals surface area contributed by atoms with E-state index < -0.39 is 5.97 Å². The summed E-state index contributed by atoms with van der Waals surface area (Å²) in [5.74, 6) is 0.0610. The fourth-order valence-corrected chi connectivity index (χ4v) is 1.46. The Labute approximate surface area is 113 Å². The SMILES string of the molecule is CCOC(=O)c1cnn(-c2nc(Cl)nc(NC)n2)c1. The molecule has 0 saturated carbocycles. The van der Waals surface area contributed by atoms with Crippen molar-refractivity contribution in [2.45, 2.75) is 6.92 Å². The lowest BCUT2D eigenvalue weighted by molar-refractivity contribution is 0.0526. The van der Waals surface area contributed by atoms with Crippen LogP contribution in [0, 0.1) is 0 Å². The minimum absolute atomic E-state index is 0.0301. The summed E-state index contributed by atoms with van der Waals surface area (Å²) in [7, 11) is 1.66. The van der Waals surface area contributed by atoms with Crippen LogP contribution in [0.3, 0.4) is 0 Å². The molecule has 0 aliphatic carbocycles. The Hall–Kier alpha value is -2.22. The second kappa shape index (κ2) is 5.61. The topological polar surface area (TPSA) is 94.8 Å². The minimum atomic E-state index is -0.456. The number of esters is 1. The third-order valence-electron chi connectivity index (χ3n) is 2.12. The van der Waals surface area contributed by atoms with Gasteiger partial charge in [-0.1, -0.05) is 0 Å². The summed E-state index contributed by atoms with van der Waals surface area (Å²) in [6.07, 6.45) is 2.83. The van der Waals surface area contributed by atoms with E-state index in [0.29, 0.717) is 18.1 Å². The molecule has 0 bridgehead atoms. The van der Waals surface area contributed by atoms with Crippen LogP contribution < -0.4 is 5.32 Å².